The van der Waals surface area contributed by atoms with Crippen LogP contribution in [0.5, 0.6) is 0 Å². The van der Waals surface area contributed by atoms with E-state index in [1.54, 1.807) is 0 Å². The van der Waals surface area contributed by atoms with Gasteiger partial charge in [-0.05, 0) is 23.2 Å². The highest BCUT2D eigenvalue weighted by Gasteiger charge is 2.13. The number of rotatable bonds is 4. The van der Waals surface area contributed by atoms with Gasteiger partial charge in [0.2, 0.25) is 5.69 Å². The number of H-pyrrole nitrogens is 2. The first-order valence-electron chi connectivity index (χ1n) is 6.62. The second-order valence-electron chi connectivity index (χ2n) is 4.85. The van der Waals surface area contributed by atoms with Gasteiger partial charge in [-0.2, -0.15) is 0 Å². The topological polar surface area (TPSA) is 126 Å². The molecule has 0 radical (unpaired) electrons. The molecule has 0 unspecified atom stereocenters. The Hall–Kier alpha value is -3.16. The van der Waals surface area contributed by atoms with Crippen LogP contribution in [0.2, 0.25) is 0 Å². The van der Waals surface area contributed by atoms with Crippen LogP contribution in [0, 0.1) is 4.91 Å². The largest absolute Gasteiger partial charge is 0.383 e. The Kier molecular flexibility index (Phi) is 3.34. The molecule has 8 heteroatoms. The zero-order valence-electron chi connectivity index (χ0n) is 11.5. The molecule has 0 bridgehead atoms. The van der Waals surface area contributed by atoms with Gasteiger partial charge in [0.1, 0.15) is 5.82 Å². The number of hydrogen-bond acceptors (Lipinski definition) is 5. The maximum atomic E-state index is 11.8. The van der Waals surface area contributed by atoms with E-state index in [4.69, 9.17) is 5.73 Å². The van der Waals surface area contributed by atoms with Gasteiger partial charge in [-0.15, -0.1) is 4.91 Å². The number of nitrogens with one attached hydrogen (secondary N) is 2. The van der Waals surface area contributed by atoms with Gasteiger partial charge in [-0.3, -0.25) is 14.3 Å². The molecule has 0 aliphatic heterocycles. The van der Waals surface area contributed by atoms with Crippen molar-refractivity contribution in [3.8, 4) is 0 Å². The molecule has 0 saturated carbocycles. The number of nitrogens with two attached hydrogens (primary N) is 1. The minimum absolute atomic E-state index is 0.219. The lowest BCUT2D eigenvalue weighted by atomic mass is 10.1. The highest BCUT2D eigenvalue weighted by molar-refractivity contribution is 5.83. The quantitative estimate of drug-likeness (QED) is 0.626. The first-order chi connectivity index (χ1) is 10.6. The van der Waals surface area contributed by atoms with Gasteiger partial charge in [0.05, 0.1) is 0 Å². The molecule has 0 atom stereocenters. The van der Waals surface area contributed by atoms with E-state index in [2.05, 4.69) is 10.2 Å². The van der Waals surface area contributed by atoms with Crippen LogP contribution >= 0.6 is 0 Å². The molecule has 112 valence electrons. The zero-order chi connectivity index (χ0) is 15.7. The van der Waals surface area contributed by atoms with Crippen LogP contribution < -0.4 is 17.0 Å². The van der Waals surface area contributed by atoms with E-state index in [1.807, 2.05) is 35.4 Å². The minimum Gasteiger partial charge on any atom is -0.383 e. The third kappa shape index (κ3) is 2.20. The number of nitrogen functional groups attached to an aromatic ring is 1. The number of para-hydroxylation sites is 1. The summed E-state index contributed by atoms with van der Waals surface area (Å²) < 4.78 is 1.14. The van der Waals surface area contributed by atoms with Crippen LogP contribution in [0.1, 0.15) is 5.56 Å². The fourth-order valence-electron chi connectivity index (χ4n) is 2.46. The number of benzene rings is 1. The molecule has 3 rings (SSSR count). The van der Waals surface area contributed by atoms with E-state index in [-0.39, 0.29) is 12.4 Å². The predicted molar refractivity (Wildman–Crippen MR) is 83.2 cm³/mol. The van der Waals surface area contributed by atoms with E-state index >= 15 is 0 Å². The van der Waals surface area contributed by atoms with Crippen molar-refractivity contribution < 1.29 is 0 Å². The Morgan fingerprint density at radius 1 is 1.23 bits per heavy atom. The van der Waals surface area contributed by atoms with E-state index in [0.717, 1.165) is 21.0 Å². The highest BCUT2D eigenvalue weighted by atomic mass is 16.3. The second kappa shape index (κ2) is 5.32. The van der Waals surface area contributed by atoms with E-state index in [1.165, 1.54) is 0 Å². The third-order valence-electron chi connectivity index (χ3n) is 3.59. The van der Waals surface area contributed by atoms with Crippen molar-refractivity contribution in [3.05, 3.63) is 61.8 Å². The second-order valence-corrected chi connectivity index (χ2v) is 4.85. The van der Waals surface area contributed by atoms with Gasteiger partial charge >= 0.3 is 5.69 Å². The summed E-state index contributed by atoms with van der Waals surface area (Å²) in [5.41, 5.74) is 5.69. The third-order valence-corrected chi connectivity index (χ3v) is 3.59. The van der Waals surface area contributed by atoms with Crippen molar-refractivity contribution >= 4 is 22.4 Å². The first-order valence-corrected chi connectivity index (χ1v) is 6.62. The van der Waals surface area contributed by atoms with E-state index in [9.17, 15) is 14.5 Å². The Labute approximate surface area is 123 Å². The minimum atomic E-state index is -0.874. The number of aromatic nitrogens is 3. The summed E-state index contributed by atoms with van der Waals surface area (Å²) in [7, 11) is 0. The predicted octanol–water partition coefficient (Wildman–Crippen LogP) is 1.24. The van der Waals surface area contributed by atoms with Crippen LogP contribution in [0.4, 0.5) is 11.5 Å². The number of hydrogen-bond donors (Lipinski definition) is 3. The molecule has 1 aromatic carbocycles. The normalized spacial score (nSPS) is 10.9. The number of fused-ring (bicyclic) bond motifs is 1. The number of anilines is 1. The molecule has 22 heavy (non-hydrogen) atoms. The van der Waals surface area contributed by atoms with E-state index in [0.29, 0.717) is 6.42 Å². The fourth-order valence-corrected chi connectivity index (χ4v) is 2.46. The SMILES string of the molecule is Nc1c(N=O)c(=O)[nH]c(=O)n1CCc1c[nH]c2ccccc12. The molecule has 0 saturated heterocycles. The molecule has 3 aromatic rings. The molecular weight excluding hydrogens is 286 g/mol. The van der Waals surface area contributed by atoms with Crippen LogP contribution in [-0.4, -0.2) is 14.5 Å². The molecule has 8 nitrogen and oxygen atoms in total. The average Bonchev–Trinajstić information content (AvgIpc) is 2.90. The summed E-state index contributed by atoms with van der Waals surface area (Å²) in [4.78, 5) is 39.1. The zero-order valence-corrected chi connectivity index (χ0v) is 11.5. The van der Waals surface area contributed by atoms with Crippen molar-refractivity contribution in [1.29, 1.82) is 0 Å². The smallest absolute Gasteiger partial charge is 0.330 e. The van der Waals surface area contributed by atoms with E-state index < -0.39 is 16.9 Å². The Morgan fingerprint density at radius 2 is 2.00 bits per heavy atom. The summed E-state index contributed by atoms with van der Waals surface area (Å²) in [5, 5.41) is 3.63. The van der Waals surface area contributed by atoms with Crippen molar-refractivity contribution in [2.45, 2.75) is 13.0 Å². The van der Waals surface area contributed by atoms with Crippen LogP contribution in [0.25, 0.3) is 10.9 Å². The lowest BCUT2D eigenvalue weighted by Gasteiger charge is -2.09. The lowest BCUT2D eigenvalue weighted by molar-refractivity contribution is 0.658. The number of aromatic amines is 2. The maximum absolute atomic E-state index is 11.8. The number of aryl methyl sites for hydroxylation is 1. The highest BCUT2D eigenvalue weighted by Crippen LogP contribution is 2.19. The van der Waals surface area contributed by atoms with Crippen LogP contribution in [0.15, 0.2) is 45.2 Å². The van der Waals surface area contributed by atoms with Crippen molar-refractivity contribution in [1.82, 2.24) is 14.5 Å². The molecular formula is C14H13N5O3. The molecule has 2 aromatic heterocycles. The van der Waals surface area contributed by atoms with Gasteiger partial charge in [-0.25, -0.2) is 4.79 Å². The van der Waals surface area contributed by atoms with Gasteiger partial charge in [0, 0.05) is 23.6 Å². The first kappa shape index (κ1) is 13.8. The maximum Gasteiger partial charge on any atom is 0.330 e. The summed E-state index contributed by atoms with van der Waals surface area (Å²) in [5.74, 6) is -0.219. The summed E-state index contributed by atoms with van der Waals surface area (Å²) in [6, 6.07) is 7.77. The van der Waals surface area contributed by atoms with Crippen LogP contribution in [0.3, 0.4) is 0 Å². The summed E-state index contributed by atoms with van der Waals surface area (Å²) >= 11 is 0. The Balaban J connectivity index is 1.96. The number of nitroso groups, excluding NO2 is 1. The van der Waals surface area contributed by atoms with Crippen molar-refractivity contribution in [3.63, 3.8) is 0 Å². The fraction of sp³-hybridized carbons (Fsp3) is 0.143. The van der Waals surface area contributed by atoms with Gasteiger partial charge < -0.3 is 10.7 Å². The molecule has 0 amide bonds. The summed E-state index contributed by atoms with van der Waals surface area (Å²) in [6.45, 7) is 0.228. The molecule has 0 fully saturated rings. The van der Waals surface area contributed by atoms with Gasteiger partial charge in [0.25, 0.3) is 5.56 Å². The number of nitrogens with zero attached hydrogens (tertiary/aromatic N) is 2. The molecule has 0 spiro atoms. The summed E-state index contributed by atoms with van der Waals surface area (Å²) in [6.07, 6.45) is 2.37. The molecule has 2 heterocycles. The average molecular weight is 299 g/mol. The Morgan fingerprint density at radius 3 is 2.77 bits per heavy atom. The van der Waals surface area contributed by atoms with Gasteiger partial charge in [-0.1, -0.05) is 18.2 Å². The van der Waals surface area contributed by atoms with Crippen molar-refractivity contribution in [2.75, 3.05) is 5.73 Å². The molecule has 4 N–H and O–H groups in total. The Bertz CT molecular complexity index is 967. The lowest BCUT2D eigenvalue weighted by Crippen LogP contribution is -2.32. The van der Waals surface area contributed by atoms with Crippen LogP contribution in [-0.2, 0) is 13.0 Å². The molecule has 0 aliphatic carbocycles. The molecule has 0 aliphatic rings. The standard InChI is InChI=1S/C14H13N5O3/c15-12-11(18-22)13(20)17-14(21)19(12)6-5-8-7-16-10-4-2-1-3-9(8)10/h1-4,7,16H,5-6,15H2,(H,17,20,21). The van der Waals surface area contributed by atoms with Crippen molar-refractivity contribution in [2.24, 2.45) is 5.18 Å². The monoisotopic (exact) mass is 299 g/mol. The van der Waals surface area contributed by atoms with Gasteiger partial charge in [0.15, 0.2) is 0 Å².